The van der Waals surface area contributed by atoms with Gasteiger partial charge in [0.25, 0.3) is 0 Å². The molecule has 0 aromatic carbocycles. The third kappa shape index (κ3) is 55.3. The molecular formula is H4Cl5LaO. The first kappa shape index (κ1) is 22.6. The van der Waals surface area contributed by atoms with Gasteiger partial charge in [0.2, 0.25) is 0 Å². The van der Waals surface area contributed by atoms with Gasteiger partial charge in [0.1, 0.15) is 0 Å². The van der Waals surface area contributed by atoms with E-state index in [1.807, 2.05) is 0 Å². The van der Waals surface area contributed by atoms with Gasteiger partial charge < -0.3 is 5.48 Å². The van der Waals surface area contributed by atoms with E-state index in [4.69, 9.17) is 20.4 Å². The zero-order chi connectivity index (χ0) is 3.58. The fraction of sp³-hybridized carbons (Fsp3) is 0. The molecule has 1 nitrogen and oxygen atoms in total. The van der Waals surface area contributed by atoms with Crippen LogP contribution in [0.25, 0.3) is 0 Å². The van der Waals surface area contributed by atoms with Gasteiger partial charge in [-0.3, -0.25) is 0 Å². The Morgan fingerprint density at radius 2 is 0.857 bits per heavy atom. The quantitative estimate of drug-likeness (QED) is 0.649. The molecule has 0 aliphatic rings. The molecule has 0 aliphatic carbocycles. The van der Waals surface area contributed by atoms with Crippen molar-refractivity contribution in [2.75, 3.05) is 0 Å². The van der Waals surface area contributed by atoms with Gasteiger partial charge in [0.15, 0.2) is 0 Å². The Bertz CT molecular complexity index is 12.8. The fourth-order valence-electron chi connectivity index (χ4n) is 0. The number of hydrogen-bond donors (Lipinski definition) is 0. The van der Waals surface area contributed by atoms with Crippen molar-refractivity contribution in [3.63, 3.8) is 0 Å². The average Bonchev–Trinajstić information content (AvgIpc) is 0.811. The van der Waals surface area contributed by atoms with Crippen LogP contribution in [0.1, 0.15) is 0 Å². The first-order valence-corrected chi connectivity index (χ1v) is 14.3. The molecule has 2 N–H and O–H groups in total. The fourth-order valence-corrected chi connectivity index (χ4v) is 0. The molecule has 0 spiro atoms. The van der Waals surface area contributed by atoms with Crippen LogP contribution in [0.3, 0.4) is 0 Å². The van der Waals surface area contributed by atoms with Crippen LogP contribution >= 0.6 is 45.2 Å². The molecule has 0 aromatic rings. The van der Waals surface area contributed by atoms with Gasteiger partial charge in [-0.2, -0.15) is 0 Å². The van der Waals surface area contributed by atoms with Crippen molar-refractivity contribution in [2.24, 2.45) is 0 Å². The Morgan fingerprint density at radius 1 is 0.857 bits per heavy atom. The molecule has 0 bridgehead atoms. The van der Waals surface area contributed by atoms with Crippen molar-refractivity contribution < 1.29 is 31.1 Å². The van der Waals surface area contributed by atoms with E-state index in [-0.39, 0.29) is 30.3 Å². The van der Waals surface area contributed by atoms with E-state index in [2.05, 4.69) is 0 Å². The number of halogens is 5. The second kappa shape index (κ2) is 15.8. The molecule has 0 saturated heterocycles. The summed E-state index contributed by atoms with van der Waals surface area (Å²) in [5, 5.41) is 0. The Morgan fingerprint density at radius 3 is 0.857 bits per heavy atom. The summed E-state index contributed by atoms with van der Waals surface area (Å²) in [6.45, 7) is 15.1. The summed E-state index contributed by atoms with van der Waals surface area (Å²) in [4.78, 5) is 0. The van der Waals surface area contributed by atoms with Gasteiger partial charge in [-0.25, -0.2) is 0 Å². The zero-order valence-electron chi connectivity index (χ0n) is 3.03. The molecule has 7 heteroatoms. The molecular weight excluding hydrogens is 332 g/mol. The number of rotatable bonds is 0. The summed E-state index contributed by atoms with van der Waals surface area (Å²) in [6.07, 6.45) is 0. The Balaban J connectivity index is -0.0000000150. The minimum absolute atomic E-state index is 0. The molecule has 0 rings (SSSR count). The molecule has 48 valence electrons. The molecule has 0 heterocycles. The van der Waals surface area contributed by atoms with Crippen LogP contribution in [-0.2, 0) is 0 Å². The molecule has 0 unspecified atom stereocenters. The van der Waals surface area contributed by atoms with Gasteiger partial charge in [-0.1, -0.05) is 0 Å². The molecule has 0 atom stereocenters. The minimum atomic E-state index is -2.31. The normalized spacial score (nSPS) is 3.86. The van der Waals surface area contributed by atoms with E-state index >= 15 is 0 Å². The summed E-state index contributed by atoms with van der Waals surface area (Å²) >= 11 is -2.31. The second-order valence-electron chi connectivity index (χ2n) is 0.247. The molecule has 0 saturated carbocycles. The van der Waals surface area contributed by atoms with Crippen molar-refractivity contribution in [2.45, 2.75) is 0 Å². The van der Waals surface area contributed by atoms with E-state index in [1.54, 1.807) is 0 Å². The van der Waals surface area contributed by atoms with E-state index in [1.165, 1.54) is 0 Å². The van der Waals surface area contributed by atoms with Crippen molar-refractivity contribution in [1.82, 2.24) is 0 Å². The predicted molar refractivity (Wildman–Crippen MR) is 35.7 cm³/mol. The first-order valence-electron chi connectivity index (χ1n) is 0.655. The molecule has 0 aromatic heterocycles. The van der Waals surface area contributed by atoms with E-state index in [0.717, 1.165) is 0 Å². The standard InChI is InChI=1S/5ClH.La.H2O/h5*1H;;1H2/q;;;;;+3;/p-3. The SMILES string of the molecule is Cl.Cl.O.[Cl][La]([Cl])[Cl]. The summed E-state index contributed by atoms with van der Waals surface area (Å²) in [7, 11) is 0. The molecule has 0 fully saturated rings. The van der Waals surface area contributed by atoms with E-state index < -0.39 is 25.7 Å². The summed E-state index contributed by atoms with van der Waals surface area (Å²) < 4.78 is 0. The van der Waals surface area contributed by atoms with Gasteiger partial charge in [-0.15, -0.1) is 24.8 Å². The van der Waals surface area contributed by atoms with Gasteiger partial charge in [-0.05, 0) is 0 Å². The van der Waals surface area contributed by atoms with Gasteiger partial charge in [0, 0.05) is 0 Å². The third-order valence-corrected chi connectivity index (χ3v) is 0. The number of hydrogen-bond acceptors (Lipinski definition) is 0. The van der Waals surface area contributed by atoms with E-state index in [9.17, 15) is 0 Å². The van der Waals surface area contributed by atoms with Crippen LogP contribution in [-0.4, -0.2) is 5.48 Å². The average molecular weight is 336 g/mol. The van der Waals surface area contributed by atoms with Crippen molar-refractivity contribution in [3.05, 3.63) is 0 Å². The molecule has 0 aliphatic heterocycles. The van der Waals surface area contributed by atoms with Crippen molar-refractivity contribution in [3.8, 4) is 0 Å². The predicted octanol–water partition coefficient (Wildman–Crippen LogP) is 2.09. The molecule has 0 amide bonds. The van der Waals surface area contributed by atoms with Crippen LogP contribution in [0.5, 0.6) is 0 Å². The van der Waals surface area contributed by atoms with E-state index in [0.29, 0.717) is 0 Å². The second-order valence-corrected chi connectivity index (χ2v) is 16.2. The van der Waals surface area contributed by atoms with Crippen molar-refractivity contribution >= 4 is 45.2 Å². The Kier molecular flexibility index (Phi) is 51.2. The monoisotopic (exact) mass is 334 g/mol. The van der Waals surface area contributed by atoms with Crippen LogP contribution in [0.2, 0.25) is 0 Å². The maximum atomic E-state index is 5.03. The first-order chi connectivity index (χ1) is 1.73. The van der Waals surface area contributed by atoms with Gasteiger partial charge >= 0.3 is 46.0 Å². The third-order valence-electron chi connectivity index (χ3n) is 0. The summed E-state index contributed by atoms with van der Waals surface area (Å²) in [5.41, 5.74) is 0. The summed E-state index contributed by atoms with van der Waals surface area (Å²) in [6, 6.07) is 0. The van der Waals surface area contributed by atoms with Crippen LogP contribution < -0.4 is 0 Å². The van der Waals surface area contributed by atoms with Crippen molar-refractivity contribution in [1.29, 1.82) is 0 Å². The topological polar surface area (TPSA) is 31.5 Å². The Hall–Kier alpha value is 2.60. The van der Waals surface area contributed by atoms with Crippen LogP contribution in [0.4, 0.5) is 0 Å². The van der Waals surface area contributed by atoms with Crippen LogP contribution in [0.15, 0.2) is 0 Å². The zero-order valence-corrected chi connectivity index (χ0v) is 10.6. The maximum absolute atomic E-state index is 5.03. The van der Waals surface area contributed by atoms with Gasteiger partial charge in [0.05, 0.1) is 0 Å². The summed E-state index contributed by atoms with van der Waals surface area (Å²) in [5.74, 6) is 0. The molecule has 0 radical (unpaired) electrons. The Labute approximate surface area is 74.9 Å². The van der Waals surface area contributed by atoms with Crippen LogP contribution in [0, 0.1) is 25.7 Å². The molecule has 7 heavy (non-hydrogen) atoms.